The zero-order valence-corrected chi connectivity index (χ0v) is 17.3. The van der Waals surface area contributed by atoms with Crippen LogP contribution in [0, 0.1) is 0 Å². The summed E-state index contributed by atoms with van der Waals surface area (Å²) in [6.45, 7) is 0.531. The maximum atomic E-state index is 9.72. The summed E-state index contributed by atoms with van der Waals surface area (Å²) in [6, 6.07) is 20.5. The normalized spacial score (nSPS) is 18.7. The fourth-order valence-electron chi connectivity index (χ4n) is 4.16. The van der Waals surface area contributed by atoms with E-state index in [2.05, 4.69) is 39.1 Å². The van der Waals surface area contributed by atoms with Gasteiger partial charge in [-0.1, -0.05) is 36.4 Å². The van der Waals surface area contributed by atoms with E-state index in [-0.39, 0.29) is 6.10 Å². The summed E-state index contributed by atoms with van der Waals surface area (Å²) in [4.78, 5) is 9.14. The van der Waals surface area contributed by atoms with Crippen LogP contribution in [0.3, 0.4) is 0 Å². The monoisotopic (exact) mass is 414 g/mol. The number of anilines is 1. The molecule has 2 heterocycles. The van der Waals surface area contributed by atoms with Crippen molar-refractivity contribution in [1.29, 1.82) is 0 Å². The van der Waals surface area contributed by atoms with Gasteiger partial charge in [-0.3, -0.25) is 0 Å². The van der Waals surface area contributed by atoms with E-state index >= 15 is 0 Å². The Morgan fingerprint density at radius 2 is 1.81 bits per heavy atom. The average molecular weight is 415 g/mol. The van der Waals surface area contributed by atoms with Crippen molar-refractivity contribution < 1.29 is 9.84 Å². The first-order valence-electron chi connectivity index (χ1n) is 10.8. The van der Waals surface area contributed by atoms with Crippen molar-refractivity contribution in [2.75, 3.05) is 5.32 Å². The first-order valence-corrected chi connectivity index (χ1v) is 10.8. The summed E-state index contributed by atoms with van der Waals surface area (Å²) in [5.41, 5.74) is 2.18. The number of fused-ring (bicyclic) bond motifs is 1. The second-order valence-corrected chi connectivity index (χ2v) is 8.04. The lowest BCUT2D eigenvalue weighted by molar-refractivity contribution is 0.126. The minimum Gasteiger partial charge on any atom is -0.488 e. The van der Waals surface area contributed by atoms with Gasteiger partial charge in [0.25, 0.3) is 0 Å². The minimum absolute atomic E-state index is 0.171. The summed E-state index contributed by atoms with van der Waals surface area (Å²) in [5.74, 6) is 2.29. The topological polar surface area (TPSA) is 72.2 Å². The standard InChI is InChI=1S/C25H26N4O2/c30-20-11-9-19(10-12-20)27-25-26-15-13-24(28-25)29-16-14-21-22(29)7-4-8-23(21)31-17-18-5-2-1-3-6-18/h1-8,13-16,19-20,30H,9-12,17H2,(H,26,27,28). The highest BCUT2D eigenvalue weighted by atomic mass is 16.5. The molecule has 1 aliphatic rings. The van der Waals surface area contributed by atoms with Crippen molar-refractivity contribution in [3.05, 3.63) is 78.6 Å². The molecule has 2 N–H and O–H groups in total. The summed E-state index contributed by atoms with van der Waals surface area (Å²) < 4.78 is 8.17. The van der Waals surface area contributed by atoms with Crippen LogP contribution in [0.15, 0.2) is 73.1 Å². The molecule has 6 nitrogen and oxygen atoms in total. The molecule has 2 aromatic carbocycles. The van der Waals surface area contributed by atoms with Gasteiger partial charge in [0, 0.05) is 23.8 Å². The van der Waals surface area contributed by atoms with E-state index in [1.54, 1.807) is 6.20 Å². The Hall–Kier alpha value is -3.38. The van der Waals surface area contributed by atoms with Crippen LogP contribution in [0.4, 0.5) is 5.95 Å². The fraction of sp³-hybridized carbons (Fsp3) is 0.280. The number of hydrogen-bond acceptors (Lipinski definition) is 5. The second-order valence-electron chi connectivity index (χ2n) is 8.04. The van der Waals surface area contributed by atoms with Gasteiger partial charge in [-0.2, -0.15) is 4.98 Å². The van der Waals surface area contributed by atoms with E-state index in [1.165, 1.54) is 0 Å². The zero-order valence-electron chi connectivity index (χ0n) is 17.3. The molecule has 0 bridgehead atoms. The predicted molar refractivity (Wildman–Crippen MR) is 122 cm³/mol. The summed E-state index contributed by atoms with van der Waals surface area (Å²) in [6.07, 6.45) is 7.14. The largest absolute Gasteiger partial charge is 0.488 e. The zero-order chi connectivity index (χ0) is 21.0. The van der Waals surface area contributed by atoms with Crippen molar-refractivity contribution in [1.82, 2.24) is 14.5 Å². The quantitative estimate of drug-likeness (QED) is 0.478. The molecule has 0 spiro atoms. The van der Waals surface area contributed by atoms with E-state index in [0.29, 0.717) is 18.6 Å². The van der Waals surface area contributed by atoms with Crippen LogP contribution >= 0.6 is 0 Å². The minimum atomic E-state index is -0.171. The number of aliphatic hydroxyl groups is 1. The maximum Gasteiger partial charge on any atom is 0.224 e. The number of aliphatic hydroxyl groups excluding tert-OH is 1. The molecule has 0 aliphatic heterocycles. The van der Waals surface area contributed by atoms with Gasteiger partial charge in [0.15, 0.2) is 0 Å². The smallest absolute Gasteiger partial charge is 0.224 e. The molecule has 1 fully saturated rings. The van der Waals surface area contributed by atoms with Gasteiger partial charge < -0.3 is 19.7 Å². The number of benzene rings is 2. The number of hydrogen-bond donors (Lipinski definition) is 2. The first kappa shape index (κ1) is 19.6. The van der Waals surface area contributed by atoms with Crippen molar-refractivity contribution >= 4 is 16.9 Å². The van der Waals surface area contributed by atoms with Crippen LogP contribution in [0.1, 0.15) is 31.2 Å². The van der Waals surface area contributed by atoms with Gasteiger partial charge in [-0.05, 0) is 55.5 Å². The lowest BCUT2D eigenvalue weighted by atomic mass is 9.93. The van der Waals surface area contributed by atoms with Crippen LogP contribution < -0.4 is 10.1 Å². The lowest BCUT2D eigenvalue weighted by Crippen LogP contribution is -2.29. The molecule has 31 heavy (non-hydrogen) atoms. The Bertz CT molecular complexity index is 1150. The number of aromatic nitrogens is 3. The molecule has 2 aromatic heterocycles. The maximum absolute atomic E-state index is 9.72. The summed E-state index contributed by atoms with van der Waals surface area (Å²) in [5, 5.41) is 14.2. The van der Waals surface area contributed by atoms with E-state index in [4.69, 9.17) is 9.72 Å². The number of rotatable bonds is 6. The van der Waals surface area contributed by atoms with Crippen LogP contribution in [0.5, 0.6) is 5.75 Å². The number of nitrogens with zero attached hydrogens (tertiary/aromatic N) is 3. The summed E-state index contributed by atoms with van der Waals surface area (Å²) in [7, 11) is 0. The Labute approximate surface area is 181 Å². The third kappa shape index (κ3) is 4.39. The molecule has 0 amide bonds. The van der Waals surface area contributed by atoms with Gasteiger partial charge in [-0.25, -0.2) is 4.98 Å². The highest BCUT2D eigenvalue weighted by Gasteiger charge is 2.20. The van der Waals surface area contributed by atoms with Crippen molar-refractivity contribution in [3.63, 3.8) is 0 Å². The molecule has 0 radical (unpaired) electrons. The molecular formula is C25H26N4O2. The van der Waals surface area contributed by atoms with Gasteiger partial charge >= 0.3 is 0 Å². The highest BCUT2D eigenvalue weighted by molar-refractivity contribution is 5.87. The van der Waals surface area contributed by atoms with Crippen molar-refractivity contribution in [2.24, 2.45) is 0 Å². The molecule has 5 rings (SSSR count). The van der Waals surface area contributed by atoms with E-state index in [1.807, 2.05) is 42.6 Å². The van der Waals surface area contributed by atoms with E-state index in [0.717, 1.165) is 53.7 Å². The molecule has 4 aromatic rings. The molecule has 0 atom stereocenters. The van der Waals surface area contributed by atoms with Gasteiger partial charge in [0.1, 0.15) is 18.2 Å². The van der Waals surface area contributed by atoms with Crippen molar-refractivity contribution in [2.45, 2.75) is 44.4 Å². The molecule has 158 valence electrons. The molecule has 1 saturated carbocycles. The lowest BCUT2D eigenvalue weighted by Gasteiger charge is -2.26. The Morgan fingerprint density at radius 3 is 2.65 bits per heavy atom. The SMILES string of the molecule is OC1CCC(Nc2nccc(-n3ccc4c(OCc5ccccc5)cccc43)n2)CC1. The Kier molecular flexibility index (Phi) is 5.54. The molecular weight excluding hydrogens is 388 g/mol. The van der Waals surface area contributed by atoms with Crippen LogP contribution in [-0.2, 0) is 6.61 Å². The average Bonchev–Trinajstić information content (AvgIpc) is 3.25. The Balaban J connectivity index is 1.37. The van der Waals surface area contributed by atoms with Crippen LogP contribution in [0.2, 0.25) is 0 Å². The molecule has 0 saturated heterocycles. The Morgan fingerprint density at radius 1 is 0.968 bits per heavy atom. The third-order valence-electron chi connectivity index (χ3n) is 5.85. The van der Waals surface area contributed by atoms with Gasteiger partial charge in [-0.15, -0.1) is 0 Å². The third-order valence-corrected chi connectivity index (χ3v) is 5.85. The van der Waals surface area contributed by atoms with E-state index < -0.39 is 0 Å². The predicted octanol–water partition coefficient (Wildman–Crippen LogP) is 4.71. The first-order chi connectivity index (χ1) is 15.3. The molecule has 6 heteroatoms. The molecule has 1 aliphatic carbocycles. The van der Waals surface area contributed by atoms with Crippen LogP contribution in [-0.4, -0.2) is 31.8 Å². The van der Waals surface area contributed by atoms with E-state index in [9.17, 15) is 5.11 Å². The number of nitrogens with one attached hydrogen (secondary N) is 1. The second kappa shape index (κ2) is 8.78. The van der Waals surface area contributed by atoms with Crippen LogP contribution in [0.25, 0.3) is 16.7 Å². The van der Waals surface area contributed by atoms with Gasteiger partial charge in [0.2, 0.25) is 5.95 Å². The molecule has 0 unspecified atom stereocenters. The van der Waals surface area contributed by atoms with Gasteiger partial charge in [0.05, 0.1) is 11.6 Å². The fourth-order valence-corrected chi connectivity index (χ4v) is 4.16. The number of ether oxygens (including phenoxy) is 1. The van der Waals surface area contributed by atoms with Crippen molar-refractivity contribution in [3.8, 4) is 11.6 Å². The highest BCUT2D eigenvalue weighted by Crippen LogP contribution is 2.29. The summed E-state index contributed by atoms with van der Waals surface area (Å²) >= 11 is 0.